The second-order valence-electron chi connectivity index (χ2n) is 10.2. The van der Waals surface area contributed by atoms with Gasteiger partial charge in [0.25, 0.3) is 5.91 Å². The van der Waals surface area contributed by atoms with E-state index < -0.39 is 24.1 Å². The molecule has 0 spiro atoms. The van der Waals surface area contributed by atoms with Crippen LogP contribution in [0.3, 0.4) is 0 Å². The first-order chi connectivity index (χ1) is 20.6. The van der Waals surface area contributed by atoms with E-state index in [9.17, 15) is 22.8 Å². The molecular formula is C30H31F3N6O4. The van der Waals surface area contributed by atoms with E-state index in [1.807, 2.05) is 31.2 Å². The van der Waals surface area contributed by atoms with Gasteiger partial charge in [0.1, 0.15) is 17.4 Å². The molecule has 10 nitrogen and oxygen atoms in total. The molecule has 0 radical (unpaired) electrons. The lowest BCUT2D eigenvalue weighted by atomic mass is 10.1. The van der Waals surface area contributed by atoms with Crippen molar-refractivity contribution in [2.24, 2.45) is 0 Å². The van der Waals surface area contributed by atoms with E-state index in [1.54, 1.807) is 28.8 Å². The van der Waals surface area contributed by atoms with Crippen LogP contribution in [0.1, 0.15) is 35.7 Å². The number of likely N-dealkylation sites (tertiary alicyclic amines) is 1. The van der Waals surface area contributed by atoms with Gasteiger partial charge in [-0.25, -0.2) is 10.5 Å². The quantitative estimate of drug-likeness (QED) is 0.266. The Morgan fingerprint density at radius 2 is 1.77 bits per heavy atom. The largest absolute Gasteiger partial charge is 0.490 e. The summed E-state index contributed by atoms with van der Waals surface area (Å²) in [4.78, 5) is 40.8. The van der Waals surface area contributed by atoms with Crippen LogP contribution < -0.4 is 21.0 Å². The summed E-state index contributed by atoms with van der Waals surface area (Å²) < 4.78 is 45.6. The van der Waals surface area contributed by atoms with E-state index in [2.05, 4.69) is 20.8 Å². The standard InChI is InChI=1S/C30H31F3N6O4/c1-3-19-4-8-21(9-5-19)39-17-25(28(41)37-42-2)26(40)24-16-34-29(36-27(24)39)35-20-6-10-22(11-7-20)43-23-12-14-38(15-13-23)18-30(31,32)33/h4-11,16-17,23H,3,12-15,18H2,1-2H3,(H,37,41)(H,34,35,36). The Hall–Kier alpha value is -4.49. The number of anilines is 2. The van der Waals surface area contributed by atoms with Gasteiger partial charge in [-0.05, 0) is 61.2 Å². The number of hydroxylamine groups is 1. The molecule has 43 heavy (non-hydrogen) atoms. The third-order valence-corrected chi connectivity index (χ3v) is 7.16. The highest BCUT2D eigenvalue weighted by Crippen LogP contribution is 2.25. The summed E-state index contributed by atoms with van der Waals surface area (Å²) in [6.07, 6.45) is 0.316. The minimum Gasteiger partial charge on any atom is -0.490 e. The molecule has 2 aromatic carbocycles. The average Bonchev–Trinajstić information content (AvgIpc) is 2.99. The summed E-state index contributed by atoms with van der Waals surface area (Å²) in [5.41, 5.74) is 4.31. The fraction of sp³-hybridized carbons (Fsp3) is 0.333. The van der Waals surface area contributed by atoms with Gasteiger partial charge in [-0.15, -0.1) is 0 Å². The van der Waals surface area contributed by atoms with Crippen molar-refractivity contribution >= 4 is 28.6 Å². The first kappa shape index (κ1) is 30.0. The van der Waals surface area contributed by atoms with Crippen LogP contribution in [0.15, 0.2) is 65.7 Å². The highest BCUT2D eigenvalue weighted by Gasteiger charge is 2.33. The third kappa shape index (κ3) is 7.30. The topological polar surface area (TPSA) is 111 Å². The van der Waals surface area contributed by atoms with Crippen LogP contribution in [-0.2, 0) is 11.3 Å². The molecule has 1 saturated heterocycles. The molecule has 1 aliphatic rings. The maximum absolute atomic E-state index is 13.2. The predicted octanol–water partition coefficient (Wildman–Crippen LogP) is 4.78. The van der Waals surface area contributed by atoms with Gasteiger partial charge in [0, 0.05) is 36.9 Å². The molecule has 5 rings (SSSR count). The Balaban J connectivity index is 1.35. The molecule has 0 saturated carbocycles. The molecule has 2 N–H and O–H groups in total. The van der Waals surface area contributed by atoms with Crippen LogP contribution in [0.2, 0.25) is 0 Å². The van der Waals surface area contributed by atoms with Crippen molar-refractivity contribution in [1.82, 2.24) is 24.9 Å². The summed E-state index contributed by atoms with van der Waals surface area (Å²) in [5.74, 6) is 0.140. The number of aryl methyl sites for hydroxylation is 1. The van der Waals surface area contributed by atoms with E-state index in [1.165, 1.54) is 24.4 Å². The van der Waals surface area contributed by atoms with Crippen molar-refractivity contribution < 1.29 is 27.5 Å². The van der Waals surface area contributed by atoms with Crippen molar-refractivity contribution in [3.63, 3.8) is 0 Å². The fourth-order valence-electron chi connectivity index (χ4n) is 4.95. The summed E-state index contributed by atoms with van der Waals surface area (Å²) >= 11 is 0. The molecule has 0 aliphatic carbocycles. The number of hydrogen-bond donors (Lipinski definition) is 2. The van der Waals surface area contributed by atoms with Gasteiger partial charge in [-0.1, -0.05) is 19.1 Å². The first-order valence-corrected chi connectivity index (χ1v) is 13.8. The molecule has 3 heterocycles. The SMILES string of the molecule is CCc1ccc(-n2cc(C(=O)NOC)c(=O)c3cnc(Nc4ccc(OC5CCN(CC(F)(F)F)CC5)cc4)nc32)cc1. The molecule has 13 heteroatoms. The lowest BCUT2D eigenvalue weighted by Crippen LogP contribution is -2.42. The zero-order valence-corrected chi connectivity index (χ0v) is 23.6. The number of fused-ring (bicyclic) bond motifs is 1. The van der Waals surface area contributed by atoms with Gasteiger partial charge < -0.3 is 14.6 Å². The van der Waals surface area contributed by atoms with E-state index in [-0.39, 0.29) is 23.0 Å². The van der Waals surface area contributed by atoms with Crippen molar-refractivity contribution in [1.29, 1.82) is 0 Å². The number of alkyl halides is 3. The van der Waals surface area contributed by atoms with Crippen LogP contribution >= 0.6 is 0 Å². The second-order valence-corrected chi connectivity index (χ2v) is 10.2. The Kier molecular flexibility index (Phi) is 8.92. The monoisotopic (exact) mass is 596 g/mol. The molecule has 0 atom stereocenters. The molecule has 226 valence electrons. The second kappa shape index (κ2) is 12.8. The number of benzene rings is 2. The number of amides is 1. The number of carbonyl (C=O) groups is 1. The molecule has 0 bridgehead atoms. The molecule has 1 fully saturated rings. The number of piperidine rings is 1. The lowest BCUT2D eigenvalue weighted by Gasteiger charge is -2.32. The van der Waals surface area contributed by atoms with Crippen LogP contribution in [0, 0.1) is 0 Å². The van der Waals surface area contributed by atoms with Gasteiger partial charge in [-0.2, -0.15) is 18.2 Å². The van der Waals surface area contributed by atoms with Gasteiger partial charge in [0.2, 0.25) is 11.4 Å². The molecule has 0 unspecified atom stereocenters. The van der Waals surface area contributed by atoms with Gasteiger partial charge in [-0.3, -0.25) is 19.3 Å². The number of ether oxygens (including phenoxy) is 1. The van der Waals surface area contributed by atoms with E-state index >= 15 is 0 Å². The number of hydrogen-bond acceptors (Lipinski definition) is 8. The number of aromatic nitrogens is 3. The Morgan fingerprint density at radius 3 is 2.40 bits per heavy atom. The van der Waals surface area contributed by atoms with Crippen LogP contribution in [0.25, 0.3) is 16.7 Å². The predicted molar refractivity (Wildman–Crippen MR) is 155 cm³/mol. The normalized spacial score (nSPS) is 14.5. The maximum Gasteiger partial charge on any atom is 0.401 e. The lowest BCUT2D eigenvalue weighted by molar-refractivity contribution is -0.149. The van der Waals surface area contributed by atoms with Gasteiger partial charge in [0.15, 0.2) is 5.65 Å². The van der Waals surface area contributed by atoms with Gasteiger partial charge >= 0.3 is 6.18 Å². The molecule has 1 aliphatic heterocycles. The number of nitrogens with one attached hydrogen (secondary N) is 2. The summed E-state index contributed by atoms with van der Waals surface area (Å²) in [6.45, 7) is 1.80. The minimum atomic E-state index is -4.20. The van der Waals surface area contributed by atoms with Crippen LogP contribution in [0.4, 0.5) is 24.8 Å². The third-order valence-electron chi connectivity index (χ3n) is 7.16. The van der Waals surface area contributed by atoms with Gasteiger partial charge in [0.05, 0.1) is 19.0 Å². The average molecular weight is 597 g/mol. The molecule has 2 aromatic heterocycles. The van der Waals surface area contributed by atoms with E-state index in [0.717, 1.165) is 12.0 Å². The number of pyridine rings is 1. The molecular weight excluding hydrogens is 565 g/mol. The summed E-state index contributed by atoms with van der Waals surface area (Å²) in [6, 6.07) is 14.8. The zero-order chi connectivity index (χ0) is 30.6. The summed E-state index contributed by atoms with van der Waals surface area (Å²) in [7, 11) is 1.28. The number of carbonyl (C=O) groups excluding carboxylic acids is 1. The smallest absolute Gasteiger partial charge is 0.401 e. The van der Waals surface area contributed by atoms with Crippen LogP contribution in [0.5, 0.6) is 5.75 Å². The molecule has 4 aromatic rings. The Labute approximate surface area is 245 Å². The van der Waals surface area contributed by atoms with E-state index in [0.29, 0.717) is 48.7 Å². The van der Waals surface area contributed by atoms with Crippen molar-refractivity contribution in [3.8, 4) is 11.4 Å². The Bertz CT molecular complexity index is 1630. The zero-order valence-electron chi connectivity index (χ0n) is 23.6. The van der Waals surface area contributed by atoms with Crippen molar-refractivity contribution in [2.45, 2.75) is 38.5 Å². The first-order valence-electron chi connectivity index (χ1n) is 13.8. The van der Waals surface area contributed by atoms with Crippen LogP contribution in [-0.4, -0.2) is 64.4 Å². The highest BCUT2D eigenvalue weighted by atomic mass is 19.4. The maximum atomic E-state index is 13.2. The van der Waals surface area contributed by atoms with Crippen molar-refractivity contribution in [2.75, 3.05) is 32.1 Å². The number of nitrogens with zero attached hydrogens (tertiary/aromatic N) is 4. The molecule has 1 amide bonds. The van der Waals surface area contributed by atoms with Crippen molar-refractivity contribution in [3.05, 3.63) is 82.3 Å². The number of rotatable bonds is 9. The fourth-order valence-corrected chi connectivity index (χ4v) is 4.95. The minimum absolute atomic E-state index is 0.125. The van der Waals surface area contributed by atoms with E-state index in [4.69, 9.17) is 9.57 Å². The Morgan fingerprint density at radius 1 is 1.07 bits per heavy atom. The highest BCUT2D eigenvalue weighted by molar-refractivity contribution is 5.96. The summed E-state index contributed by atoms with van der Waals surface area (Å²) in [5, 5.41) is 3.27. The number of halogens is 3.